The summed E-state index contributed by atoms with van der Waals surface area (Å²) >= 11 is 0. The minimum Gasteiger partial charge on any atom is -0.444 e. The zero-order chi connectivity index (χ0) is 24.7. The molecule has 0 aromatic heterocycles. The number of piperazine rings is 1. The minimum atomic E-state index is -1.11. The van der Waals surface area contributed by atoms with Crippen molar-refractivity contribution in [2.45, 2.75) is 69.6 Å². The standard InChI is InChI=1S/C24H33N3O3S.C3H8/c1-24(2,3)30-23(28)27-14-10-18(11-15-27)31(29)22-9-8-21(26-16-12-25-13-17-26)19-6-4-5-7-20(19)22;1-3-2/h4-9,18,25H,10-17H2,1-3H3;3H2,1-2H3. The Hall–Kier alpha value is -2.12. The van der Waals surface area contributed by atoms with E-state index in [9.17, 15) is 9.00 Å². The molecule has 1 atom stereocenters. The van der Waals surface area contributed by atoms with Gasteiger partial charge in [0.15, 0.2) is 0 Å². The molecule has 2 aliphatic rings. The fraction of sp³-hybridized carbons (Fsp3) is 0.593. The van der Waals surface area contributed by atoms with Crippen LogP contribution in [0.25, 0.3) is 10.8 Å². The predicted molar refractivity (Wildman–Crippen MR) is 142 cm³/mol. The molecule has 1 unspecified atom stereocenters. The summed E-state index contributed by atoms with van der Waals surface area (Å²) in [6.45, 7) is 15.0. The Bertz CT molecular complexity index is 975. The van der Waals surface area contributed by atoms with Gasteiger partial charge in [0.05, 0.1) is 10.8 Å². The Morgan fingerprint density at radius 1 is 1.00 bits per heavy atom. The highest BCUT2D eigenvalue weighted by molar-refractivity contribution is 7.86. The first-order chi connectivity index (χ1) is 16.2. The number of hydrogen-bond acceptors (Lipinski definition) is 5. The third kappa shape index (κ3) is 6.72. The van der Waals surface area contributed by atoms with Gasteiger partial charge in [0.2, 0.25) is 0 Å². The maximum atomic E-state index is 13.6. The highest BCUT2D eigenvalue weighted by Crippen LogP contribution is 2.33. The van der Waals surface area contributed by atoms with E-state index in [1.54, 1.807) is 4.90 Å². The maximum absolute atomic E-state index is 13.6. The van der Waals surface area contributed by atoms with Gasteiger partial charge in [-0.2, -0.15) is 0 Å². The summed E-state index contributed by atoms with van der Waals surface area (Å²) in [5.74, 6) is 0. The lowest BCUT2D eigenvalue weighted by Gasteiger charge is -2.33. The summed E-state index contributed by atoms with van der Waals surface area (Å²) < 4.78 is 19.0. The lowest BCUT2D eigenvalue weighted by molar-refractivity contribution is 0.0218. The number of piperidine rings is 1. The fourth-order valence-electron chi connectivity index (χ4n) is 4.37. The number of fused-ring (bicyclic) bond motifs is 1. The van der Waals surface area contributed by atoms with Crippen molar-refractivity contribution in [3.8, 4) is 0 Å². The van der Waals surface area contributed by atoms with Gasteiger partial charge in [-0.15, -0.1) is 0 Å². The Morgan fingerprint density at radius 3 is 2.18 bits per heavy atom. The number of anilines is 1. The Morgan fingerprint density at radius 2 is 1.59 bits per heavy atom. The van der Waals surface area contributed by atoms with Crippen molar-refractivity contribution in [1.29, 1.82) is 0 Å². The molecule has 2 saturated heterocycles. The highest BCUT2D eigenvalue weighted by Gasteiger charge is 2.30. The van der Waals surface area contributed by atoms with Crippen molar-refractivity contribution < 1.29 is 13.7 Å². The van der Waals surface area contributed by atoms with Crippen LogP contribution in [0.4, 0.5) is 10.5 Å². The molecular formula is C27H41N3O3S. The first-order valence-electron chi connectivity index (χ1n) is 12.6. The van der Waals surface area contributed by atoms with Gasteiger partial charge in [-0.3, -0.25) is 4.21 Å². The summed E-state index contributed by atoms with van der Waals surface area (Å²) in [7, 11) is -1.11. The summed E-state index contributed by atoms with van der Waals surface area (Å²) in [6.07, 6.45) is 2.42. The number of likely N-dealkylation sites (tertiary alicyclic amines) is 1. The van der Waals surface area contributed by atoms with Crippen LogP contribution in [0.1, 0.15) is 53.9 Å². The van der Waals surface area contributed by atoms with Gasteiger partial charge in [0.1, 0.15) is 5.60 Å². The van der Waals surface area contributed by atoms with E-state index in [4.69, 9.17) is 4.74 Å². The normalized spacial score (nSPS) is 18.3. The lowest BCUT2D eigenvalue weighted by Crippen LogP contribution is -2.44. The third-order valence-corrected chi connectivity index (χ3v) is 7.80. The molecule has 0 spiro atoms. The molecule has 2 heterocycles. The number of carbonyl (C=O) groups is 1. The Labute approximate surface area is 207 Å². The Kier molecular flexibility index (Phi) is 9.37. The van der Waals surface area contributed by atoms with E-state index in [2.05, 4.69) is 54.4 Å². The molecule has 6 nitrogen and oxygen atoms in total. The van der Waals surface area contributed by atoms with Crippen molar-refractivity contribution >= 4 is 33.4 Å². The van der Waals surface area contributed by atoms with Crippen LogP contribution in [0.5, 0.6) is 0 Å². The van der Waals surface area contributed by atoms with Gasteiger partial charge in [-0.25, -0.2) is 4.79 Å². The van der Waals surface area contributed by atoms with E-state index in [0.717, 1.165) is 49.3 Å². The predicted octanol–water partition coefficient (Wildman–Crippen LogP) is 5.17. The average molecular weight is 488 g/mol. The lowest BCUT2D eigenvalue weighted by atomic mass is 10.1. The number of hydrogen-bond donors (Lipinski definition) is 1. The van der Waals surface area contributed by atoms with Gasteiger partial charge in [0, 0.05) is 60.5 Å². The zero-order valence-corrected chi connectivity index (χ0v) is 22.2. The van der Waals surface area contributed by atoms with Gasteiger partial charge < -0.3 is 19.9 Å². The molecule has 188 valence electrons. The second kappa shape index (κ2) is 12.0. The van der Waals surface area contributed by atoms with Crippen molar-refractivity contribution in [3.05, 3.63) is 36.4 Å². The summed E-state index contributed by atoms with van der Waals surface area (Å²) in [5.41, 5.74) is 0.722. The monoisotopic (exact) mass is 487 g/mol. The number of nitrogens with zero attached hydrogens (tertiary/aromatic N) is 2. The molecule has 1 amide bonds. The molecule has 0 saturated carbocycles. The maximum Gasteiger partial charge on any atom is 0.410 e. The fourth-order valence-corrected chi connectivity index (χ4v) is 5.97. The van der Waals surface area contributed by atoms with E-state index < -0.39 is 16.4 Å². The SMILES string of the molecule is CC(C)(C)OC(=O)N1CCC(S(=O)c2ccc(N3CCNCC3)c3ccccc23)CC1.CCC. The van der Waals surface area contributed by atoms with E-state index in [-0.39, 0.29) is 11.3 Å². The average Bonchev–Trinajstić information content (AvgIpc) is 2.83. The van der Waals surface area contributed by atoms with Crippen molar-refractivity contribution in [1.82, 2.24) is 10.2 Å². The molecule has 2 aliphatic heterocycles. The topological polar surface area (TPSA) is 61.9 Å². The largest absolute Gasteiger partial charge is 0.444 e. The number of carbonyl (C=O) groups excluding carboxylic acids is 1. The quantitative estimate of drug-likeness (QED) is 0.647. The highest BCUT2D eigenvalue weighted by atomic mass is 32.2. The van der Waals surface area contributed by atoms with Gasteiger partial charge in [0.25, 0.3) is 0 Å². The van der Waals surface area contributed by atoms with E-state index in [0.29, 0.717) is 13.1 Å². The van der Waals surface area contributed by atoms with Crippen LogP contribution < -0.4 is 10.2 Å². The Balaban J connectivity index is 0.00000103. The van der Waals surface area contributed by atoms with Gasteiger partial charge >= 0.3 is 6.09 Å². The van der Waals surface area contributed by atoms with E-state index in [1.165, 1.54) is 17.5 Å². The van der Waals surface area contributed by atoms with Gasteiger partial charge in [-0.1, -0.05) is 44.5 Å². The van der Waals surface area contributed by atoms with Crippen LogP contribution in [0.3, 0.4) is 0 Å². The summed E-state index contributed by atoms with van der Waals surface area (Å²) in [5, 5.41) is 5.69. The summed E-state index contributed by atoms with van der Waals surface area (Å²) in [6, 6.07) is 12.5. The van der Waals surface area contributed by atoms with E-state index in [1.807, 2.05) is 26.8 Å². The minimum absolute atomic E-state index is 0.0483. The molecule has 2 fully saturated rings. The molecule has 7 heteroatoms. The molecular weight excluding hydrogens is 446 g/mol. The van der Waals surface area contributed by atoms with Crippen molar-refractivity contribution in [3.63, 3.8) is 0 Å². The van der Waals surface area contributed by atoms with Crippen LogP contribution in [0.15, 0.2) is 41.3 Å². The van der Waals surface area contributed by atoms with E-state index >= 15 is 0 Å². The number of rotatable bonds is 3. The van der Waals surface area contributed by atoms with Crippen molar-refractivity contribution in [2.75, 3.05) is 44.2 Å². The molecule has 34 heavy (non-hydrogen) atoms. The van der Waals surface area contributed by atoms with Crippen LogP contribution in [0, 0.1) is 0 Å². The van der Waals surface area contributed by atoms with Crippen LogP contribution >= 0.6 is 0 Å². The summed E-state index contributed by atoms with van der Waals surface area (Å²) in [4.78, 5) is 17.4. The number of nitrogens with one attached hydrogen (secondary N) is 1. The number of amides is 1. The number of benzene rings is 2. The first-order valence-corrected chi connectivity index (χ1v) is 13.8. The van der Waals surface area contributed by atoms with Crippen LogP contribution in [-0.2, 0) is 15.5 Å². The third-order valence-electron chi connectivity index (χ3n) is 5.93. The number of ether oxygens (including phenoxy) is 1. The van der Waals surface area contributed by atoms with Crippen LogP contribution in [0.2, 0.25) is 0 Å². The smallest absolute Gasteiger partial charge is 0.410 e. The van der Waals surface area contributed by atoms with Gasteiger partial charge in [-0.05, 0) is 51.1 Å². The molecule has 0 aliphatic carbocycles. The second-order valence-electron chi connectivity index (χ2n) is 10.0. The molecule has 0 radical (unpaired) electrons. The molecule has 1 N–H and O–H groups in total. The molecule has 0 bridgehead atoms. The van der Waals surface area contributed by atoms with Crippen molar-refractivity contribution in [2.24, 2.45) is 0 Å². The van der Waals surface area contributed by atoms with Crippen LogP contribution in [-0.4, -0.2) is 65.3 Å². The zero-order valence-electron chi connectivity index (χ0n) is 21.4. The first kappa shape index (κ1) is 26.5. The molecule has 2 aromatic carbocycles. The molecule has 2 aromatic rings. The second-order valence-corrected chi connectivity index (χ2v) is 11.7. The molecule has 4 rings (SSSR count).